The number of ether oxygens (including phenoxy) is 2. The van der Waals surface area contributed by atoms with Crippen molar-refractivity contribution in [2.75, 3.05) is 19.8 Å². The van der Waals surface area contributed by atoms with E-state index in [-0.39, 0.29) is 36.8 Å². The van der Waals surface area contributed by atoms with Gasteiger partial charge in [-0.15, -0.1) is 0 Å². The number of aliphatic hydroxyl groups is 1. The Labute approximate surface area is 111 Å². The first-order chi connectivity index (χ1) is 8.83. The molecule has 0 spiro atoms. The first-order valence-electron chi connectivity index (χ1n) is 5.88. The second-order valence-electron chi connectivity index (χ2n) is 5.16. The van der Waals surface area contributed by atoms with Gasteiger partial charge in [0.2, 0.25) is 11.5 Å². The van der Waals surface area contributed by atoms with Gasteiger partial charge in [-0.3, -0.25) is 0 Å². The second kappa shape index (κ2) is 6.38. The fraction of sp³-hybridized carbons (Fsp3) is 0.538. The highest BCUT2D eigenvalue weighted by atomic mass is 16.6. The molecule has 0 unspecified atom stereocenters. The van der Waals surface area contributed by atoms with Crippen LogP contribution in [0.25, 0.3) is 0 Å². The number of hydrogen-bond donors (Lipinski definition) is 1. The van der Waals surface area contributed by atoms with Crippen molar-refractivity contribution in [3.63, 3.8) is 0 Å². The average Bonchev–Trinajstić information content (AvgIpc) is 2.81. The number of carbonyl (C=O) groups is 2. The van der Waals surface area contributed by atoms with E-state index < -0.39 is 11.9 Å². The van der Waals surface area contributed by atoms with Crippen LogP contribution in [-0.2, 0) is 9.47 Å². The molecule has 0 saturated carbocycles. The molecular weight excluding hydrogens is 252 g/mol. The van der Waals surface area contributed by atoms with Gasteiger partial charge in [0.15, 0.2) is 0 Å². The Morgan fingerprint density at radius 3 is 2.16 bits per heavy atom. The van der Waals surface area contributed by atoms with E-state index >= 15 is 0 Å². The molecule has 1 aromatic rings. The van der Waals surface area contributed by atoms with Crippen molar-refractivity contribution in [3.05, 3.63) is 23.7 Å². The minimum absolute atomic E-state index is 0.0554. The molecule has 0 aliphatic heterocycles. The van der Waals surface area contributed by atoms with E-state index in [1.807, 2.05) is 20.8 Å². The minimum Gasteiger partial charge on any atom is -0.459 e. The quantitative estimate of drug-likeness (QED) is 0.818. The molecular formula is C13H18O6. The van der Waals surface area contributed by atoms with Crippen molar-refractivity contribution in [2.24, 2.45) is 5.41 Å². The number of esters is 2. The summed E-state index contributed by atoms with van der Waals surface area (Å²) < 4.78 is 14.7. The summed E-state index contributed by atoms with van der Waals surface area (Å²) in [6, 6.07) is 2.67. The van der Waals surface area contributed by atoms with Crippen molar-refractivity contribution in [1.29, 1.82) is 0 Å². The summed E-state index contributed by atoms with van der Waals surface area (Å²) in [6.07, 6.45) is 0. The van der Waals surface area contributed by atoms with Gasteiger partial charge in [0.05, 0.1) is 13.2 Å². The average molecular weight is 270 g/mol. The van der Waals surface area contributed by atoms with Crippen LogP contribution in [0.3, 0.4) is 0 Å². The lowest BCUT2D eigenvalue weighted by molar-refractivity contribution is 0.0316. The number of furan rings is 1. The maximum Gasteiger partial charge on any atom is 0.374 e. The van der Waals surface area contributed by atoms with Crippen molar-refractivity contribution < 1.29 is 28.6 Å². The first kappa shape index (κ1) is 15.2. The molecule has 1 aromatic heterocycles. The van der Waals surface area contributed by atoms with Crippen LogP contribution in [0.4, 0.5) is 0 Å². The van der Waals surface area contributed by atoms with Crippen LogP contribution in [0.2, 0.25) is 0 Å². The SMILES string of the molecule is CC(C)(C)COC(=O)c1ccc(C(=O)OCCO)o1. The molecule has 19 heavy (non-hydrogen) atoms. The van der Waals surface area contributed by atoms with Gasteiger partial charge in [-0.2, -0.15) is 0 Å². The molecule has 0 atom stereocenters. The van der Waals surface area contributed by atoms with Crippen LogP contribution in [0.5, 0.6) is 0 Å². The van der Waals surface area contributed by atoms with E-state index in [1.165, 1.54) is 12.1 Å². The second-order valence-corrected chi connectivity index (χ2v) is 5.16. The van der Waals surface area contributed by atoms with Crippen molar-refractivity contribution >= 4 is 11.9 Å². The van der Waals surface area contributed by atoms with Gasteiger partial charge in [-0.1, -0.05) is 20.8 Å². The molecule has 0 fully saturated rings. The lowest BCUT2D eigenvalue weighted by atomic mass is 9.99. The van der Waals surface area contributed by atoms with E-state index in [2.05, 4.69) is 4.74 Å². The molecule has 0 aliphatic rings. The number of hydrogen-bond acceptors (Lipinski definition) is 6. The third-order valence-electron chi connectivity index (χ3n) is 1.97. The zero-order valence-electron chi connectivity index (χ0n) is 11.3. The lowest BCUT2D eigenvalue weighted by Gasteiger charge is -2.16. The Bertz CT molecular complexity index is 440. The van der Waals surface area contributed by atoms with Gasteiger partial charge < -0.3 is 19.0 Å². The molecule has 1 heterocycles. The predicted octanol–water partition coefficient (Wildman–Crippen LogP) is 1.63. The standard InChI is InChI=1S/C13H18O6/c1-13(2,3)8-18-12(16)10-5-4-9(19-10)11(15)17-7-6-14/h4-5,14H,6-8H2,1-3H3. The van der Waals surface area contributed by atoms with E-state index in [4.69, 9.17) is 14.3 Å². The van der Waals surface area contributed by atoms with Gasteiger partial charge in [-0.25, -0.2) is 9.59 Å². The summed E-state index contributed by atoms with van der Waals surface area (Å²) in [5, 5.41) is 8.52. The Hall–Kier alpha value is -1.82. The van der Waals surface area contributed by atoms with Crippen molar-refractivity contribution in [1.82, 2.24) is 0 Å². The molecule has 0 aliphatic carbocycles. The van der Waals surface area contributed by atoms with Crippen LogP contribution in [-0.4, -0.2) is 36.9 Å². The molecule has 0 bridgehead atoms. The largest absolute Gasteiger partial charge is 0.459 e. The molecule has 6 heteroatoms. The van der Waals surface area contributed by atoms with Gasteiger partial charge in [0.1, 0.15) is 6.61 Å². The maximum absolute atomic E-state index is 11.6. The van der Waals surface area contributed by atoms with E-state index in [0.29, 0.717) is 0 Å². The zero-order valence-corrected chi connectivity index (χ0v) is 11.3. The van der Waals surface area contributed by atoms with Gasteiger partial charge in [-0.05, 0) is 17.5 Å². The lowest BCUT2D eigenvalue weighted by Crippen LogP contribution is -2.18. The summed E-state index contributed by atoms with van der Waals surface area (Å²) in [5.41, 5.74) is -0.148. The van der Waals surface area contributed by atoms with E-state index in [0.717, 1.165) is 0 Å². The Kier molecular flexibility index (Phi) is 5.11. The number of carbonyl (C=O) groups excluding carboxylic acids is 2. The van der Waals surface area contributed by atoms with Gasteiger partial charge >= 0.3 is 11.9 Å². The third-order valence-corrected chi connectivity index (χ3v) is 1.97. The summed E-state index contributed by atoms with van der Waals surface area (Å²) >= 11 is 0. The summed E-state index contributed by atoms with van der Waals surface area (Å²) in [5.74, 6) is -1.52. The Balaban J connectivity index is 2.59. The predicted molar refractivity (Wildman–Crippen MR) is 65.8 cm³/mol. The molecule has 0 radical (unpaired) electrons. The summed E-state index contributed by atoms with van der Waals surface area (Å²) in [6.45, 7) is 5.65. The molecule has 0 amide bonds. The van der Waals surface area contributed by atoms with E-state index in [9.17, 15) is 9.59 Å². The first-order valence-corrected chi connectivity index (χ1v) is 5.88. The van der Waals surface area contributed by atoms with Crippen LogP contribution < -0.4 is 0 Å². The van der Waals surface area contributed by atoms with E-state index in [1.54, 1.807) is 0 Å². The highest BCUT2D eigenvalue weighted by Crippen LogP contribution is 2.16. The van der Waals surface area contributed by atoms with Crippen LogP contribution >= 0.6 is 0 Å². The molecule has 106 valence electrons. The molecule has 1 N–H and O–H groups in total. The van der Waals surface area contributed by atoms with Gasteiger partial charge in [0.25, 0.3) is 0 Å². The molecule has 1 rings (SSSR count). The summed E-state index contributed by atoms with van der Waals surface area (Å²) in [4.78, 5) is 23.0. The smallest absolute Gasteiger partial charge is 0.374 e. The zero-order chi connectivity index (χ0) is 14.5. The fourth-order valence-electron chi connectivity index (χ4n) is 1.12. The Morgan fingerprint density at radius 2 is 1.68 bits per heavy atom. The van der Waals surface area contributed by atoms with Crippen molar-refractivity contribution in [3.8, 4) is 0 Å². The molecule has 0 saturated heterocycles. The highest BCUT2D eigenvalue weighted by Gasteiger charge is 2.20. The van der Waals surface area contributed by atoms with Crippen LogP contribution in [0.1, 0.15) is 41.9 Å². The molecule has 6 nitrogen and oxygen atoms in total. The normalized spacial score (nSPS) is 11.2. The van der Waals surface area contributed by atoms with Crippen LogP contribution in [0.15, 0.2) is 16.5 Å². The number of rotatable bonds is 5. The maximum atomic E-state index is 11.6. The highest BCUT2D eigenvalue weighted by molar-refractivity contribution is 5.90. The third kappa shape index (κ3) is 5.13. The minimum atomic E-state index is -0.732. The monoisotopic (exact) mass is 270 g/mol. The van der Waals surface area contributed by atoms with Gasteiger partial charge in [0, 0.05) is 0 Å². The molecule has 0 aromatic carbocycles. The summed E-state index contributed by atoms with van der Waals surface area (Å²) in [7, 11) is 0. The Morgan fingerprint density at radius 1 is 1.16 bits per heavy atom. The number of aliphatic hydroxyl groups excluding tert-OH is 1. The van der Waals surface area contributed by atoms with Crippen molar-refractivity contribution in [2.45, 2.75) is 20.8 Å². The topological polar surface area (TPSA) is 86.0 Å². The van der Waals surface area contributed by atoms with Crippen LogP contribution in [0, 0.1) is 5.41 Å². The fourth-order valence-corrected chi connectivity index (χ4v) is 1.12.